The Balaban J connectivity index is 2.63. The molecular weight excluding hydrogens is 782 g/mol. The molecule has 1 fully saturated rings. The van der Waals surface area contributed by atoms with Crippen LogP contribution in [0.15, 0.2) is 47.7 Å². The number of phenolic OH excluding ortho intramolecular Hbond substituents is 1. The smallest absolute Gasteiger partial charge is 0.328 e. The van der Waals surface area contributed by atoms with E-state index in [2.05, 4.69) is 37.2 Å². The quantitative estimate of drug-likeness (QED) is 0.0907. The van der Waals surface area contributed by atoms with Gasteiger partial charge in [-0.2, -0.15) is 0 Å². The van der Waals surface area contributed by atoms with Crippen molar-refractivity contribution in [3.05, 3.63) is 53.3 Å². The first kappa shape index (κ1) is 49.9. The number of phenols is 1. The van der Waals surface area contributed by atoms with Gasteiger partial charge >= 0.3 is 11.9 Å². The maximum atomic E-state index is 14.2. The molecule has 1 aromatic rings. The number of hydrogen-bond acceptors (Lipinski definition) is 11. The highest BCUT2D eigenvalue weighted by Crippen LogP contribution is 2.15. The minimum atomic E-state index is -1.73. The number of allylic oxidation sites excluding steroid dienone is 2. The average Bonchev–Trinajstić information content (AvgIpc) is 3.15. The minimum Gasteiger partial charge on any atom is -0.508 e. The molecule has 1 saturated heterocycles. The summed E-state index contributed by atoms with van der Waals surface area (Å²) in [6.45, 7) is 14.3. The number of rotatable bonds is 14. The molecule has 1 heterocycles. The van der Waals surface area contributed by atoms with Crippen LogP contribution in [0.2, 0.25) is 0 Å². The summed E-state index contributed by atoms with van der Waals surface area (Å²) < 4.78 is 5.70. The predicted octanol–water partition coefficient (Wildman–Crippen LogP) is 0.362. The summed E-state index contributed by atoms with van der Waals surface area (Å²) in [5, 5.41) is 36.7. The van der Waals surface area contributed by atoms with Crippen LogP contribution in [0.4, 0.5) is 0 Å². The highest BCUT2D eigenvalue weighted by molar-refractivity contribution is 6.02. The second-order valence-corrected chi connectivity index (χ2v) is 15.6. The lowest BCUT2D eigenvalue weighted by Crippen LogP contribution is -2.62. The number of carbonyl (C=O) groups excluding carboxylic acids is 8. The van der Waals surface area contributed by atoms with Crippen LogP contribution in [0.25, 0.3) is 0 Å². The zero-order chi connectivity index (χ0) is 45.4. The number of hydrogen-bond donors (Lipinski definition) is 9. The first-order valence-corrected chi connectivity index (χ1v) is 19.7. The zero-order valence-corrected chi connectivity index (χ0v) is 35.5. The van der Waals surface area contributed by atoms with Crippen LogP contribution < -0.4 is 37.2 Å². The van der Waals surface area contributed by atoms with Gasteiger partial charge in [0, 0.05) is 18.9 Å². The topological polar surface area (TPSA) is 288 Å². The van der Waals surface area contributed by atoms with E-state index in [1.54, 1.807) is 41.5 Å². The van der Waals surface area contributed by atoms with Crippen LogP contribution in [-0.4, -0.2) is 106 Å². The molecule has 1 aliphatic heterocycles. The molecule has 0 saturated carbocycles. The molecule has 7 amide bonds. The number of ether oxygens (including phenoxy) is 1. The SMILES string of the molecule is CC=C1NC(=O)[C@H](C)NC(=O)[C@@H](NC(=O)[C@@H](Cc2ccc(O)cc2)NC(=O)[C@@H](NC(=O)C=C(C)C)C(C)C)[C@@H](C)OC(=O)[C@H](CC(C)C)NC(=O)[C@@H](CCC(=O)O)NC1=O. The lowest BCUT2D eigenvalue weighted by molar-refractivity contribution is -0.156. The van der Waals surface area contributed by atoms with Gasteiger partial charge < -0.3 is 52.2 Å². The summed E-state index contributed by atoms with van der Waals surface area (Å²) in [5.74, 6) is -9.01. The Morgan fingerprint density at radius 1 is 0.850 bits per heavy atom. The van der Waals surface area contributed by atoms with E-state index < -0.39 is 108 Å². The maximum Gasteiger partial charge on any atom is 0.328 e. The largest absolute Gasteiger partial charge is 0.508 e. The Bertz CT molecular complexity index is 1820. The van der Waals surface area contributed by atoms with Crippen molar-refractivity contribution in [1.29, 1.82) is 0 Å². The van der Waals surface area contributed by atoms with Crippen molar-refractivity contribution in [2.75, 3.05) is 0 Å². The molecule has 1 aliphatic rings. The van der Waals surface area contributed by atoms with Gasteiger partial charge in [-0.05, 0) is 77.0 Å². The Kier molecular flexibility index (Phi) is 19.4. The molecule has 330 valence electrons. The third-order valence-electron chi connectivity index (χ3n) is 9.15. The average molecular weight is 842 g/mol. The van der Waals surface area contributed by atoms with Crippen LogP contribution in [0, 0.1) is 11.8 Å². The van der Waals surface area contributed by atoms with E-state index in [4.69, 9.17) is 4.74 Å². The fraction of sp³-hybridized carbons (Fsp3) is 0.537. The predicted molar refractivity (Wildman–Crippen MR) is 217 cm³/mol. The van der Waals surface area contributed by atoms with Crippen LogP contribution >= 0.6 is 0 Å². The van der Waals surface area contributed by atoms with Crippen LogP contribution in [0.1, 0.15) is 87.1 Å². The summed E-state index contributed by atoms with van der Waals surface area (Å²) >= 11 is 0. The zero-order valence-electron chi connectivity index (χ0n) is 35.5. The van der Waals surface area contributed by atoms with Gasteiger partial charge in [-0.25, -0.2) is 4.79 Å². The molecule has 9 N–H and O–H groups in total. The Hall–Kier alpha value is -6.27. The van der Waals surface area contributed by atoms with Gasteiger partial charge in [-0.15, -0.1) is 0 Å². The summed E-state index contributed by atoms with van der Waals surface area (Å²) in [5.41, 5.74) is 0.829. The van der Waals surface area contributed by atoms with Crippen molar-refractivity contribution in [3.63, 3.8) is 0 Å². The Morgan fingerprint density at radius 3 is 2.03 bits per heavy atom. The minimum absolute atomic E-state index is 0.00915. The van der Waals surface area contributed by atoms with E-state index in [9.17, 15) is 53.4 Å². The molecule has 0 spiro atoms. The molecule has 19 nitrogen and oxygen atoms in total. The first-order valence-electron chi connectivity index (χ1n) is 19.7. The van der Waals surface area contributed by atoms with Gasteiger partial charge in [0.1, 0.15) is 53.8 Å². The van der Waals surface area contributed by atoms with Crippen molar-refractivity contribution in [1.82, 2.24) is 37.2 Å². The number of carbonyl (C=O) groups is 9. The summed E-state index contributed by atoms with van der Waals surface area (Å²) in [7, 11) is 0. The van der Waals surface area contributed by atoms with E-state index in [0.29, 0.717) is 11.1 Å². The van der Waals surface area contributed by atoms with E-state index in [0.717, 1.165) is 0 Å². The van der Waals surface area contributed by atoms with Crippen molar-refractivity contribution in [3.8, 4) is 5.75 Å². The lowest BCUT2D eigenvalue weighted by Gasteiger charge is -2.30. The highest BCUT2D eigenvalue weighted by atomic mass is 16.5. The van der Waals surface area contributed by atoms with Crippen molar-refractivity contribution < 1.29 is 58.1 Å². The van der Waals surface area contributed by atoms with Crippen LogP contribution in [0.5, 0.6) is 5.75 Å². The Morgan fingerprint density at radius 2 is 1.48 bits per heavy atom. The molecule has 2 rings (SSSR count). The summed E-state index contributed by atoms with van der Waals surface area (Å²) in [4.78, 5) is 120. The number of nitrogens with one attached hydrogen (secondary N) is 7. The monoisotopic (exact) mass is 841 g/mol. The number of carboxylic acids is 1. The van der Waals surface area contributed by atoms with E-state index in [-0.39, 0.29) is 36.6 Å². The lowest BCUT2D eigenvalue weighted by atomic mass is 10.00. The Labute approximate surface area is 349 Å². The van der Waals surface area contributed by atoms with Gasteiger partial charge in [0.05, 0.1) is 0 Å². The molecular formula is C41H59N7O12. The molecule has 0 aliphatic carbocycles. The number of amides is 7. The van der Waals surface area contributed by atoms with Crippen LogP contribution in [-0.2, 0) is 54.3 Å². The second kappa shape index (κ2) is 23.4. The first-order chi connectivity index (χ1) is 28.0. The van der Waals surface area contributed by atoms with Crippen LogP contribution in [0.3, 0.4) is 0 Å². The van der Waals surface area contributed by atoms with Gasteiger partial charge in [0.2, 0.25) is 35.4 Å². The van der Waals surface area contributed by atoms with Gasteiger partial charge in [-0.1, -0.05) is 51.5 Å². The van der Waals surface area contributed by atoms with Gasteiger partial charge in [-0.3, -0.25) is 38.4 Å². The van der Waals surface area contributed by atoms with E-state index >= 15 is 0 Å². The molecule has 7 atom stereocenters. The number of esters is 1. The van der Waals surface area contributed by atoms with Crippen molar-refractivity contribution in [2.24, 2.45) is 11.8 Å². The number of benzene rings is 1. The maximum absolute atomic E-state index is 14.2. The van der Waals surface area contributed by atoms with Crippen molar-refractivity contribution >= 4 is 53.3 Å². The standard InChI is InChI=1S/C41H59N7O12/c1-10-27-36(54)44-28(15-16-32(51)52)37(55)46-30(17-20(2)3)41(59)60-24(9)34(40(58)42-23(8)35(53)43-27)48-38(56)29(19-25-11-13-26(49)14-12-25)45-39(57)33(22(6)7)47-31(50)18-21(4)5/h10-14,18,20,22-24,28-30,33-34,49H,15-17,19H2,1-9H3,(H,42,58)(H,43,53)(H,44,54)(H,45,57)(H,46,55)(H,47,50)(H,48,56)(H,51,52)/t23-,24+,28+,29+,30-,33-,34-/m0/s1. The number of carboxylic acid groups (broad SMARTS) is 1. The fourth-order valence-electron chi connectivity index (χ4n) is 5.91. The molecule has 0 unspecified atom stereocenters. The fourth-order valence-corrected chi connectivity index (χ4v) is 5.91. The van der Waals surface area contributed by atoms with E-state index in [1.807, 2.05) is 0 Å². The molecule has 0 radical (unpaired) electrons. The molecule has 0 bridgehead atoms. The third kappa shape index (κ3) is 16.2. The third-order valence-corrected chi connectivity index (χ3v) is 9.15. The number of aromatic hydroxyl groups is 1. The highest BCUT2D eigenvalue weighted by Gasteiger charge is 2.38. The second-order valence-electron chi connectivity index (χ2n) is 15.6. The normalized spacial score (nSPS) is 22.3. The number of cyclic esters (lactones) is 1. The van der Waals surface area contributed by atoms with Crippen molar-refractivity contribution in [2.45, 2.75) is 130 Å². The molecule has 60 heavy (non-hydrogen) atoms. The van der Waals surface area contributed by atoms with Gasteiger partial charge in [0.25, 0.3) is 5.91 Å². The van der Waals surface area contributed by atoms with Gasteiger partial charge in [0.15, 0.2) is 0 Å². The molecule has 1 aromatic carbocycles. The molecule has 19 heteroatoms. The van der Waals surface area contributed by atoms with E-state index in [1.165, 1.54) is 57.2 Å². The molecule has 0 aromatic heterocycles. The summed E-state index contributed by atoms with van der Waals surface area (Å²) in [6.07, 6.45) is -0.0261. The number of aliphatic carboxylic acids is 1. The summed E-state index contributed by atoms with van der Waals surface area (Å²) in [6, 6.07) is -2.70.